The number of aromatic nitrogens is 2. The Morgan fingerprint density at radius 3 is 2.58 bits per heavy atom. The van der Waals surface area contributed by atoms with Crippen LogP contribution in [0, 0.1) is 0 Å². The first-order valence-corrected chi connectivity index (χ1v) is 5.70. The molecule has 19 heavy (non-hydrogen) atoms. The number of hydrogen-bond acceptors (Lipinski definition) is 5. The minimum Gasteiger partial charge on any atom is -0.493 e. The summed E-state index contributed by atoms with van der Waals surface area (Å²) < 4.78 is 10.4. The molecule has 0 saturated heterocycles. The summed E-state index contributed by atoms with van der Waals surface area (Å²) in [7, 11) is 3.11. The van der Waals surface area contributed by atoms with E-state index in [0.717, 1.165) is 5.56 Å². The van der Waals surface area contributed by atoms with Crippen LogP contribution in [0.3, 0.4) is 0 Å². The van der Waals surface area contributed by atoms with Gasteiger partial charge in [-0.1, -0.05) is 0 Å². The van der Waals surface area contributed by atoms with Gasteiger partial charge in [0.05, 0.1) is 14.2 Å². The Morgan fingerprint density at radius 2 is 2.00 bits per heavy atom. The monoisotopic (exact) mass is 261 g/mol. The highest BCUT2D eigenvalue weighted by Gasteiger charge is 2.08. The summed E-state index contributed by atoms with van der Waals surface area (Å²) in [5, 5.41) is 0. The Bertz CT molecular complexity index is 637. The lowest BCUT2D eigenvalue weighted by atomic mass is 10.2. The van der Waals surface area contributed by atoms with Crippen molar-refractivity contribution in [2.24, 2.45) is 5.73 Å². The van der Waals surface area contributed by atoms with E-state index in [9.17, 15) is 4.79 Å². The number of rotatable bonds is 4. The maximum absolute atomic E-state index is 11.7. The highest BCUT2D eigenvalue weighted by atomic mass is 16.5. The van der Waals surface area contributed by atoms with E-state index >= 15 is 0 Å². The van der Waals surface area contributed by atoms with Crippen LogP contribution in [0.2, 0.25) is 0 Å². The fourth-order valence-electron chi connectivity index (χ4n) is 1.70. The van der Waals surface area contributed by atoms with E-state index in [-0.39, 0.29) is 12.1 Å². The molecule has 1 heterocycles. The molecule has 0 aliphatic rings. The largest absolute Gasteiger partial charge is 0.493 e. The zero-order valence-corrected chi connectivity index (χ0v) is 10.8. The van der Waals surface area contributed by atoms with Gasteiger partial charge in [-0.25, -0.2) is 4.98 Å². The third kappa shape index (κ3) is 2.58. The summed E-state index contributed by atoms with van der Waals surface area (Å²) in [6.07, 6.45) is 1.48. The summed E-state index contributed by atoms with van der Waals surface area (Å²) in [5.74, 6) is 1.65. The minimum atomic E-state index is -0.234. The number of H-pyrrole nitrogens is 1. The number of benzene rings is 1. The van der Waals surface area contributed by atoms with E-state index < -0.39 is 0 Å². The van der Waals surface area contributed by atoms with E-state index in [1.54, 1.807) is 32.4 Å². The van der Waals surface area contributed by atoms with Crippen molar-refractivity contribution in [2.45, 2.75) is 6.54 Å². The zero-order valence-electron chi connectivity index (χ0n) is 10.8. The molecule has 0 radical (unpaired) electrons. The van der Waals surface area contributed by atoms with Crippen molar-refractivity contribution in [1.29, 1.82) is 0 Å². The average Bonchev–Trinajstić information content (AvgIpc) is 2.46. The molecule has 0 bridgehead atoms. The van der Waals surface area contributed by atoms with Gasteiger partial charge in [0.25, 0.3) is 5.56 Å². The molecule has 0 aliphatic carbocycles. The van der Waals surface area contributed by atoms with Gasteiger partial charge in [-0.3, -0.25) is 4.79 Å². The van der Waals surface area contributed by atoms with E-state index in [2.05, 4.69) is 9.97 Å². The van der Waals surface area contributed by atoms with Gasteiger partial charge >= 0.3 is 0 Å². The summed E-state index contributed by atoms with van der Waals surface area (Å²) in [4.78, 5) is 18.6. The maximum Gasteiger partial charge on any atom is 0.255 e. The van der Waals surface area contributed by atoms with Crippen LogP contribution in [0.5, 0.6) is 11.5 Å². The minimum absolute atomic E-state index is 0.161. The van der Waals surface area contributed by atoms with Gasteiger partial charge in [-0.15, -0.1) is 0 Å². The van der Waals surface area contributed by atoms with Crippen LogP contribution in [0.4, 0.5) is 0 Å². The molecule has 1 aromatic heterocycles. The topological polar surface area (TPSA) is 90.2 Å². The summed E-state index contributed by atoms with van der Waals surface area (Å²) in [5.41, 5.74) is 6.38. The second-order valence-electron chi connectivity index (χ2n) is 3.86. The fourth-order valence-corrected chi connectivity index (χ4v) is 1.70. The fraction of sp³-hybridized carbons (Fsp3) is 0.231. The van der Waals surface area contributed by atoms with Gasteiger partial charge in [0.2, 0.25) is 0 Å². The van der Waals surface area contributed by atoms with Crippen molar-refractivity contribution in [3.63, 3.8) is 0 Å². The standard InChI is InChI=1S/C13H15N3O3/c1-18-10-4-3-8(5-11(10)19-2)12-15-7-9(6-14)13(17)16-12/h3-5,7H,6,14H2,1-2H3,(H,15,16,17). The van der Waals surface area contributed by atoms with Gasteiger partial charge in [-0.2, -0.15) is 0 Å². The van der Waals surface area contributed by atoms with Crippen LogP contribution >= 0.6 is 0 Å². The molecular formula is C13H15N3O3. The summed E-state index contributed by atoms with van der Waals surface area (Å²) in [6, 6.07) is 5.30. The quantitative estimate of drug-likeness (QED) is 0.853. The Labute approximate surface area is 110 Å². The van der Waals surface area contributed by atoms with Gasteiger partial charge in [-0.05, 0) is 18.2 Å². The van der Waals surface area contributed by atoms with Crippen molar-refractivity contribution >= 4 is 0 Å². The molecule has 2 rings (SSSR count). The van der Waals surface area contributed by atoms with Gasteiger partial charge < -0.3 is 20.2 Å². The second kappa shape index (κ2) is 5.53. The maximum atomic E-state index is 11.7. The third-order valence-electron chi connectivity index (χ3n) is 2.75. The number of methoxy groups -OCH3 is 2. The Balaban J connectivity index is 2.47. The second-order valence-corrected chi connectivity index (χ2v) is 3.86. The molecular weight excluding hydrogens is 246 g/mol. The van der Waals surface area contributed by atoms with Crippen LogP contribution in [-0.2, 0) is 6.54 Å². The number of nitrogens with one attached hydrogen (secondary N) is 1. The SMILES string of the molecule is COc1ccc(-c2ncc(CN)c(=O)[nH]2)cc1OC. The number of aromatic amines is 1. The first kappa shape index (κ1) is 13.1. The Kier molecular flexibility index (Phi) is 3.82. The predicted molar refractivity (Wildman–Crippen MR) is 71.3 cm³/mol. The van der Waals surface area contributed by atoms with Crippen LogP contribution in [0.15, 0.2) is 29.2 Å². The lowest BCUT2D eigenvalue weighted by molar-refractivity contribution is 0.355. The summed E-state index contributed by atoms with van der Waals surface area (Å²) >= 11 is 0. The molecule has 0 spiro atoms. The molecule has 3 N–H and O–H groups in total. The third-order valence-corrected chi connectivity index (χ3v) is 2.75. The molecule has 0 aliphatic heterocycles. The van der Waals surface area contributed by atoms with E-state index in [4.69, 9.17) is 15.2 Å². The molecule has 6 nitrogen and oxygen atoms in total. The van der Waals surface area contributed by atoms with Crippen molar-refractivity contribution in [2.75, 3.05) is 14.2 Å². The van der Waals surface area contributed by atoms with Gasteiger partial charge in [0, 0.05) is 23.9 Å². The molecule has 6 heteroatoms. The van der Waals surface area contributed by atoms with Crippen LogP contribution in [-0.4, -0.2) is 24.2 Å². The predicted octanol–water partition coefficient (Wildman–Crippen LogP) is 0.913. The van der Waals surface area contributed by atoms with Crippen molar-refractivity contribution in [3.05, 3.63) is 40.3 Å². The van der Waals surface area contributed by atoms with E-state index in [0.29, 0.717) is 22.9 Å². The summed E-state index contributed by atoms with van der Waals surface area (Å²) in [6.45, 7) is 0.161. The molecule has 0 fully saturated rings. The number of hydrogen-bond donors (Lipinski definition) is 2. The highest BCUT2D eigenvalue weighted by molar-refractivity contribution is 5.60. The lowest BCUT2D eigenvalue weighted by Crippen LogP contribution is -2.17. The van der Waals surface area contributed by atoms with Crippen molar-refractivity contribution in [1.82, 2.24) is 9.97 Å². The Hall–Kier alpha value is -2.34. The molecule has 0 saturated carbocycles. The number of ether oxygens (including phenoxy) is 2. The molecule has 0 amide bonds. The van der Waals surface area contributed by atoms with Gasteiger partial charge in [0.15, 0.2) is 11.5 Å². The first-order valence-electron chi connectivity index (χ1n) is 5.70. The average molecular weight is 261 g/mol. The lowest BCUT2D eigenvalue weighted by Gasteiger charge is -2.09. The van der Waals surface area contributed by atoms with Crippen molar-refractivity contribution < 1.29 is 9.47 Å². The first-order chi connectivity index (χ1) is 9.19. The van der Waals surface area contributed by atoms with Crippen LogP contribution in [0.1, 0.15) is 5.56 Å². The molecule has 1 aromatic carbocycles. The normalized spacial score (nSPS) is 10.3. The van der Waals surface area contributed by atoms with Crippen LogP contribution in [0.25, 0.3) is 11.4 Å². The highest BCUT2D eigenvalue weighted by Crippen LogP contribution is 2.30. The van der Waals surface area contributed by atoms with Gasteiger partial charge in [0.1, 0.15) is 5.82 Å². The van der Waals surface area contributed by atoms with Crippen LogP contribution < -0.4 is 20.8 Å². The zero-order chi connectivity index (χ0) is 13.8. The molecule has 0 atom stereocenters. The molecule has 0 unspecified atom stereocenters. The van der Waals surface area contributed by atoms with Crippen molar-refractivity contribution in [3.8, 4) is 22.9 Å². The molecule has 100 valence electrons. The number of nitrogens with two attached hydrogens (primary N) is 1. The van der Waals surface area contributed by atoms with E-state index in [1.807, 2.05) is 0 Å². The Morgan fingerprint density at radius 1 is 1.26 bits per heavy atom. The molecule has 2 aromatic rings. The smallest absolute Gasteiger partial charge is 0.255 e. The number of nitrogens with zero attached hydrogens (tertiary/aromatic N) is 1. The van der Waals surface area contributed by atoms with E-state index in [1.165, 1.54) is 6.20 Å².